The second-order valence-corrected chi connectivity index (χ2v) is 9.16. The van der Waals surface area contributed by atoms with Gasteiger partial charge in [-0.25, -0.2) is 4.79 Å². The zero-order chi connectivity index (χ0) is 21.7. The second kappa shape index (κ2) is 7.56. The fraction of sp³-hybridized carbons (Fsp3) is 0.375. The van der Waals surface area contributed by atoms with Crippen molar-refractivity contribution in [3.05, 3.63) is 53.1 Å². The van der Waals surface area contributed by atoms with E-state index in [1.54, 1.807) is 30.3 Å². The summed E-state index contributed by atoms with van der Waals surface area (Å²) in [5, 5.41) is 11.8. The normalized spacial score (nSPS) is 23.2. The SMILES string of the molecule is O=C1OC(O)(c2ccc3nsnc3c2)C(CC2CCCCC2)=C1c1ccc2c(c1)OCO2. The van der Waals surface area contributed by atoms with E-state index in [0.717, 1.165) is 30.1 Å². The van der Waals surface area contributed by atoms with Gasteiger partial charge in [0.2, 0.25) is 6.79 Å². The predicted molar refractivity (Wildman–Crippen MR) is 118 cm³/mol. The minimum absolute atomic E-state index is 0.156. The Morgan fingerprint density at radius 1 is 1.00 bits per heavy atom. The van der Waals surface area contributed by atoms with E-state index in [0.29, 0.717) is 51.6 Å². The van der Waals surface area contributed by atoms with Gasteiger partial charge >= 0.3 is 5.97 Å². The quantitative estimate of drug-likeness (QED) is 0.583. The first-order chi connectivity index (χ1) is 15.6. The number of cyclic esters (lactones) is 1. The van der Waals surface area contributed by atoms with Crippen LogP contribution >= 0.6 is 11.7 Å². The Hall–Kier alpha value is -2.97. The van der Waals surface area contributed by atoms with E-state index >= 15 is 0 Å². The average Bonchev–Trinajstić information content (AvgIpc) is 3.52. The highest BCUT2D eigenvalue weighted by atomic mass is 32.1. The van der Waals surface area contributed by atoms with Crippen LogP contribution in [0, 0.1) is 5.92 Å². The lowest BCUT2D eigenvalue weighted by Crippen LogP contribution is -2.30. The lowest BCUT2D eigenvalue weighted by atomic mass is 9.80. The van der Waals surface area contributed by atoms with Gasteiger partial charge in [-0.3, -0.25) is 0 Å². The lowest BCUT2D eigenvalue weighted by molar-refractivity contribution is -0.185. The average molecular weight is 451 g/mol. The number of hydrogen-bond acceptors (Lipinski definition) is 8. The molecule has 0 radical (unpaired) electrons. The first-order valence-corrected chi connectivity index (χ1v) is 11.7. The third-order valence-corrected chi connectivity index (χ3v) is 7.24. The number of aromatic nitrogens is 2. The van der Waals surface area contributed by atoms with Crippen molar-refractivity contribution in [3.63, 3.8) is 0 Å². The van der Waals surface area contributed by atoms with Crippen LogP contribution in [0.2, 0.25) is 0 Å². The number of aliphatic hydroxyl groups is 1. The third-order valence-electron chi connectivity index (χ3n) is 6.68. The number of ether oxygens (including phenoxy) is 3. The van der Waals surface area contributed by atoms with Crippen molar-refractivity contribution in [1.82, 2.24) is 8.75 Å². The number of esters is 1. The van der Waals surface area contributed by atoms with Gasteiger partial charge in [0.05, 0.1) is 17.3 Å². The summed E-state index contributed by atoms with van der Waals surface area (Å²) < 4.78 is 25.2. The molecule has 2 aromatic carbocycles. The van der Waals surface area contributed by atoms with Crippen molar-refractivity contribution in [2.75, 3.05) is 6.79 Å². The summed E-state index contributed by atoms with van der Waals surface area (Å²) in [5.74, 6) is -0.739. The number of carbonyl (C=O) groups excluding carboxylic acids is 1. The maximum atomic E-state index is 13.2. The Morgan fingerprint density at radius 3 is 2.69 bits per heavy atom. The number of rotatable bonds is 4. The van der Waals surface area contributed by atoms with Crippen LogP contribution in [0.3, 0.4) is 0 Å². The van der Waals surface area contributed by atoms with Crippen LogP contribution in [0.1, 0.15) is 49.7 Å². The predicted octanol–water partition coefficient (Wildman–Crippen LogP) is 4.55. The molecule has 1 fully saturated rings. The topological polar surface area (TPSA) is 90.8 Å². The number of hydrogen-bond donors (Lipinski definition) is 1. The molecular weight excluding hydrogens is 428 g/mol. The Bertz CT molecular complexity index is 1250. The van der Waals surface area contributed by atoms with Gasteiger partial charge in [-0.1, -0.05) is 38.2 Å². The zero-order valence-electron chi connectivity index (χ0n) is 17.4. The molecule has 1 N–H and O–H groups in total. The van der Waals surface area contributed by atoms with Crippen LogP contribution in [-0.2, 0) is 15.3 Å². The van der Waals surface area contributed by atoms with E-state index in [1.165, 1.54) is 19.3 Å². The van der Waals surface area contributed by atoms with Crippen molar-refractivity contribution < 1.29 is 24.1 Å². The summed E-state index contributed by atoms with van der Waals surface area (Å²) in [4.78, 5) is 13.2. The van der Waals surface area contributed by atoms with Gasteiger partial charge in [-0.05, 0) is 48.2 Å². The van der Waals surface area contributed by atoms with Gasteiger partial charge in [0.25, 0.3) is 5.79 Å². The molecule has 1 aromatic heterocycles. The van der Waals surface area contributed by atoms with E-state index in [-0.39, 0.29) is 6.79 Å². The Kier molecular flexibility index (Phi) is 4.66. The molecule has 0 amide bonds. The molecule has 0 bridgehead atoms. The Balaban J connectivity index is 1.49. The van der Waals surface area contributed by atoms with Gasteiger partial charge in [0.1, 0.15) is 11.0 Å². The molecule has 0 spiro atoms. The molecule has 6 rings (SSSR count). The highest BCUT2D eigenvalue weighted by Crippen LogP contribution is 2.48. The third kappa shape index (κ3) is 3.17. The van der Waals surface area contributed by atoms with Crippen LogP contribution < -0.4 is 9.47 Å². The highest BCUT2D eigenvalue weighted by molar-refractivity contribution is 7.00. The van der Waals surface area contributed by atoms with Crippen molar-refractivity contribution in [2.24, 2.45) is 5.92 Å². The van der Waals surface area contributed by atoms with Crippen LogP contribution in [-0.4, -0.2) is 26.6 Å². The molecule has 3 aromatic rings. The van der Waals surface area contributed by atoms with Gasteiger partial charge in [0.15, 0.2) is 11.5 Å². The molecule has 2 aliphatic heterocycles. The van der Waals surface area contributed by atoms with E-state index in [9.17, 15) is 9.90 Å². The molecule has 1 atom stereocenters. The molecule has 32 heavy (non-hydrogen) atoms. The fourth-order valence-electron chi connectivity index (χ4n) is 5.03. The molecule has 1 saturated carbocycles. The van der Waals surface area contributed by atoms with Crippen LogP contribution in [0.15, 0.2) is 42.0 Å². The van der Waals surface area contributed by atoms with Crippen LogP contribution in [0.25, 0.3) is 16.6 Å². The smallest absolute Gasteiger partial charge is 0.341 e. The summed E-state index contributed by atoms with van der Waals surface area (Å²) in [6.45, 7) is 0.156. The molecular formula is C24H22N2O5S. The molecule has 1 unspecified atom stereocenters. The Labute approximate surface area is 189 Å². The van der Waals surface area contributed by atoms with Gasteiger partial charge in [-0.15, -0.1) is 0 Å². The van der Waals surface area contributed by atoms with Crippen molar-refractivity contribution >= 4 is 34.3 Å². The fourth-order valence-corrected chi connectivity index (χ4v) is 5.55. The zero-order valence-corrected chi connectivity index (χ0v) is 18.2. The van der Waals surface area contributed by atoms with Gasteiger partial charge < -0.3 is 19.3 Å². The number of carbonyl (C=O) groups is 1. The molecule has 8 heteroatoms. The number of nitrogens with zero attached hydrogens (tertiary/aromatic N) is 2. The van der Waals surface area contributed by atoms with Crippen LogP contribution in [0.4, 0.5) is 0 Å². The second-order valence-electron chi connectivity index (χ2n) is 8.63. The van der Waals surface area contributed by atoms with Crippen LogP contribution in [0.5, 0.6) is 11.5 Å². The van der Waals surface area contributed by atoms with Crippen molar-refractivity contribution in [3.8, 4) is 11.5 Å². The van der Waals surface area contributed by atoms with Gasteiger partial charge in [0, 0.05) is 11.1 Å². The summed E-state index contributed by atoms with van der Waals surface area (Å²) in [6.07, 6.45) is 6.33. The minimum atomic E-state index is -1.84. The lowest BCUT2D eigenvalue weighted by Gasteiger charge is -2.29. The van der Waals surface area contributed by atoms with E-state index in [4.69, 9.17) is 14.2 Å². The maximum absolute atomic E-state index is 13.2. The molecule has 1 aliphatic carbocycles. The summed E-state index contributed by atoms with van der Waals surface area (Å²) >= 11 is 1.11. The molecule has 0 saturated heterocycles. The summed E-state index contributed by atoms with van der Waals surface area (Å²) in [6, 6.07) is 10.7. The molecule has 3 heterocycles. The first-order valence-electron chi connectivity index (χ1n) is 10.9. The summed E-state index contributed by atoms with van der Waals surface area (Å²) in [7, 11) is 0. The van der Waals surface area contributed by atoms with E-state index in [2.05, 4.69) is 8.75 Å². The summed E-state index contributed by atoms with van der Waals surface area (Å²) in [5.41, 5.74) is 3.60. The number of benzene rings is 2. The monoisotopic (exact) mass is 450 g/mol. The Morgan fingerprint density at radius 2 is 1.81 bits per heavy atom. The van der Waals surface area contributed by atoms with Crippen molar-refractivity contribution in [1.29, 1.82) is 0 Å². The van der Waals surface area contributed by atoms with Crippen molar-refractivity contribution in [2.45, 2.75) is 44.3 Å². The number of fused-ring (bicyclic) bond motifs is 2. The molecule has 164 valence electrons. The van der Waals surface area contributed by atoms with E-state index < -0.39 is 11.8 Å². The first kappa shape index (κ1) is 19.7. The highest BCUT2D eigenvalue weighted by Gasteiger charge is 2.49. The minimum Gasteiger partial charge on any atom is -0.454 e. The maximum Gasteiger partial charge on any atom is 0.341 e. The largest absolute Gasteiger partial charge is 0.454 e. The van der Waals surface area contributed by atoms with Gasteiger partial charge in [-0.2, -0.15) is 8.75 Å². The molecule has 3 aliphatic rings. The standard InChI is InChI=1S/C24H22N2O5S/c27-23-22(15-6-9-20-21(11-15)30-13-29-20)17(10-14-4-2-1-3-5-14)24(28,31-23)16-7-8-18-19(12-16)26-32-25-18/h6-9,11-12,14,28H,1-5,10,13H2. The molecule has 7 nitrogen and oxygen atoms in total. The van der Waals surface area contributed by atoms with E-state index in [1.807, 2.05) is 6.07 Å².